The first-order valence-corrected chi connectivity index (χ1v) is 8.63. The summed E-state index contributed by atoms with van der Waals surface area (Å²) in [7, 11) is 0. The summed E-state index contributed by atoms with van der Waals surface area (Å²) < 4.78 is 11.8. The van der Waals surface area contributed by atoms with E-state index in [4.69, 9.17) is 20.3 Å². The van der Waals surface area contributed by atoms with Gasteiger partial charge in [0.25, 0.3) is 0 Å². The van der Waals surface area contributed by atoms with E-state index in [1.165, 1.54) is 0 Å². The third-order valence-corrected chi connectivity index (χ3v) is 3.99. The molecule has 0 bridgehead atoms. The summed E-state index contributed by atoms with van der Waals surface area (Å²) in [5.41, 5.74) is 7.94. The molecule has 0 fully saturated rings. The Kier molecular flexibility index (Phi) is 6.25. The Balaban J connectivity index is 1.62. The van der Waals surface area contributed by atoms with Crippen molar-refractivity contribution >= 4 is 0 Å². The lowest BCUT2D eigenvalue weighted by Gasteiger charge is -2.14. The van der Waals surface area contributed by atoms with Crippen LogP contribution < -0.4 is 15.2 Å². The van der Waals surface area contributed by atoms with Gasteiger partial charge in [-0.25, -0.2) is 0 Å². The zero-order chi connectivity index (χ0) is 18.2. The van der Waals surface area contributed by atoms with Crippen LogP contribution in [-0.2, 0) is 13.0 Å². The Bertz CT molecular complexity index is 803. The lowest BCUT2D eigenvalue weighted by atomic mass is 10.1. The van der Waals surface area contributed by atoms with E-state index in [2.05, 4.69) is 0 Å². The van der Waals surface area contributed by atoms with E-state index in [0.29, 0.717) is 13.0 Å². The average Bonchev–Trinajstić information content (AvgIpc) is 2.69. The van der Waals surface area contributed by atoms with Gasteiger partial charge in [0.1, 0.15) is 23.9 Å². The molecule has 3 N–H and O–H groups in total. The van der Waals surface area contributed by atoms with Crippen molar-refractivity contribution in [1.82, 2.24) is 0 Å². The summed E-state index contributed by atoms with van der Waals surface area (Å²) in [4.78, 5) is 0. The van der Waals surface area contributed by atoms with Crippen molar-refractivity contribution in [2.24, 2.45) is 5.73 Å². The Morgan fingerprint density at radius 2 is 1.46 bits per heavy atom. The average molecular weight is 349 g/mol. The molecule has 26 heavy (non-hydrogen) atoms. The summed E-state index contributed by atoms with van der Waals surface area (Å²) in [6, 6.07) is 25.0. The maximum absolute atomic E-state index is 9.16. The fraction of sp³-hybridized carbons (Fsp3) is 0.182. The van der Waals surface area contributed by atoms with E-state index in [0.717, 1.165) is 28.4 Å². The van der Waals surface area contributed by atoms with Crippen LogP contribution in [0.1, 0.15) is 11.1 Å². The van der Waals surface area contributed by atoms with Crippen LogP contribution in [0.2, 0.25) is 0 Å². The third-order valence-electron chi connectivity index (χ3n) is 3.99. The molecule has 0 aliphatic carbocycles. The van der Waals surface area contributed by atoms with Crippen molar-refractivity contribution in [2.75, 3.05) is 6.61 Å². The highest BCUT2D eigenvalue weighted by atomic mass is 16.5. The number of benzene rings is 3. The van der Waals surface area contributed by atoms with Gasteiger partial charge in [0.2, 0.25) is 0 Å². The second kappa shape index (κ2) is 9.04. The van der Waals surface area contributed by atoms with Gasteiger partial charge in [0, 0.05) is 6.04 Å². The Morgan fingerprint density at radius 3 is 2.19 bits per heavy atom. The SMILES string of the molecule is NC(CO)Cc1ccccc1Oc1ccc(OCc2ccccc2)cc1. The molecule has 0 aromatic heterocycles. The van der Waals surface area contributed by atoms with Crippen molar-refractivity contribution in [3.05, 3.63) is 90.0 Å². The minimum atomic E-state index is -0.298. The fourth-order valence-corrected chi connectivity index (χ4v) is 2.59. The van der Waals surface area contributed by atoms with E-state index in [1.807, 2.05) is 78.9 Å². The Morgan fingerprint density at radius 1 is 0.808 bits per heavy atom. The molecule has 0 saturated heterocycles. The van der Waals surface area contributed by atoms with Gasteiger partial charge >= 0.3 is 0 Å². The molecular formula is C22H23NO3. The zero-order valence-corrected chi connectivity index (χ0v) is 14.5. The summed E-state index contributed by atoms with van der Waals surface area (Å²) in [6.07, 6.45) is 0.560. The predicted molar refractivity (Wildman–Crippen MR) is 102 cm³/mol. The molecular weight excluding hydrogens is 326 g/mol. The van der Waals surface area contributed by atoms with Crippen LogP contribution >= 0.6 is 0 Å². The quantitative estimate of drug-likeness (QED) is 0.647. The molecule has 0 amide bonds. The zero-order valence-electron chi connectivity index (χ0n) is 14.5. The Labute approximate surface area is 153 Å². The summed E-state index contributed by atoms with van der Waals surface area (Å²) in [6.45, 7) is 0.477. The molecule has 0 heterocycles. The third kappa shape index (κ3) is 5.09. The minimum Gasteiger partial charge on any atom is -0.489 e. The van der Waals surface area contributed by atoms with Crippen molar-refractivity contribution in [3.63, 3.8) is 0 Å². The second-order valence-electron chi connectivity index (χ2n) is 6.10. The summed E-state index contributed by atoms with van der Waals surface area (Å²) >= 11 is 0. The van der Waals surface area contributed by atoms with E-state index >= 15 is 0 Å². The number of para-hydroxylation sites is 1. The van der Waals surface area contributed by atoms with Gasteiger partial charge in [0.15, 0.2) is 0 Å². The summed E-state index contributed by atoms with van der Waals surface area (Å²) in [5, 5.41) is 9.16. The topological polar surface area (TPSA) is 64.7 Å². The molecule has 4 heteroatoms. The lowest BCUT2D eigenvalue weighted by Crippen LogP contribution is -2.26. The molecule has 1 atom stereocenters. The molecule has 3 rings (SSSR count). The van der Waals surface area contributed by atoms with Gasteiger partial charge in [-0.05, 0) is 47.9 Å². The molecule has 134 valence electrons. The monoisotopic (exact) mass is 349 g/mol. The normalized spacial score (nSPS) is 11.8. The fourth-order valence-electron chi connectivity index (χ4n) is 2.59. The smallest absolute Gasteiger partial charge is 0.130 e. The van der Waals surface area contributed by atoms with Crippen LogP contribution in [0.3, 0.4) is 0 Å². The summed E-state index contributed by atoms with van der Waals surface area (Å²) in [5.74, 6) is 2.26. The van der Waals surface area contributed by atoms with Crippen molar-refractivity contribution in [3.8, 4) is 17.2 Å². The van der Waals surface area contributed by atoms with Crippen molar-refractivity contribution < 1.29 is 14.6 Å². The van der Waals surface area contributed by atoms with Gasteiger partial charge in [-0.2, -0.15) is 0 Å². The van der Waals surface area contributed by atoms with E-state index in [9.17, 15) is 0 Å². The minimum absolute atomic E-state index is 0.0538. The molecule has 3 aromatic rings. The molecule has 0 spiro atoms. The Hall–Kier alpha value is -2.82. The maximum Gasteiger partial charge on any atom is 0.130 e. The van der Waals surface area contributed by atoms with E-state index in [1.54, 1.807) is 0 Å². The van der Waals surface area contributed by atoms with Gasteiger partial charge in [-0.3, -0.25) is 0 Å². The molecule has 0 radical (unpaired) electrons. The lowest BCUT2D eigenvalue weighted by molar-refractivity contribution is 0.264. The number of nitrogens with two attached hydrogens (primary N) is 1. The number of rotatable bonds is 8. The van der Waals surface area contributed by atoms with Gasteiger partial charge in [-0.1, -0.05) is 48.5 Å². The van der Waals surface area contributed by atoms with Crippen LogP contribution in [0.4, 0.5) is 0 Å². The number of aliphatic hydroxyl groups is 1. The highest BCUT2D eigenvalue weighted by molar-refractivity contribution is 5.40. The van der Waals surface area contributed by atoms with Gasteiger partial charge in [0.05, 0.1) is 6.61 Å². The molecule has 0 aliphatic rings. The predicted octanol–water partition coefficient (Wildman–Crippen LogP) is 3.92. The first-order chi connectivity index (χ1) is 12.7. The first-order valence-electron chi connectivity index (χ1n) is 8.63. The number of ether oxygens (including phenoxy) is 2. The van der Waals surface area contributed by atoms with Crippen LogP contribution in [0.15, 0.2) is 78.9 Å². The van der Waals surface area contributed by atoms with Gasteiger partial charge in [-0.15, -0.1) is 0 Å². The van der Waals surface area contributed by atoms with Gasteiger partial charge < -0.3 is 20.3 Å². The second-order valence-corrected chi connectivity index (χ2v) is 6.10. The van der Waals surface area contributed by atoms with Crippen LogP contribution in [0.25, 0.3) is 0 Å². The molecule has 1 unspecified atom stereocenters. The van der Waals surface area contributed by atoms with Crippen LogP contribution in [0.5, 0.6) is 17.2 Å². The molecule has 0 saturated carbocycles. The number of hydrogen-bond acceptors (Lipinski definition) is 4. The highest BCUT2D eigenvalue weighted by Crippen LogP contribution is 2.27. The molecule has 4 nitrogen and oxygen atoms in total. The largest absolute Gasteiger partial charge is 0.489 e. The van der Waals surface area contributed by atoms with E-state index < -0.39 is 0 Å². The van der Waals surface area contributed by atoms with Crippen molar-refractivity contribution in [2.45, 2.75) is 19.1 Å². The number of aliphatic hydroxyl groups excluding tert-OH is 1. The molecule has 0 aliphatic heterocycles. The maximum atomic E-state index is 9.16. The molecule has 3 aromatic carbocycles. The highest BCUT2D eigenvalue weighted by Gasteiger charge is 2.09. The number of hydrogen-bond donors (Lipinski definition) is 2. The van der Waals surface area contributed by atoms with Crippen LogP contribution in [0, 0.1) is 0 Å². The van der Waals surface area contributed by atoms with Crippen LogP contribution in [-0.4, -0.2) is 17.8 Å². The first kappa shape index (κ1) is 18.0. The van der Waals surface area contributed by atoms with E-state index in [-0.39, 0.29) is 12.6 Å². The standard InChI is InChI=1S/C22H23NO3/c23-19(15-24)14-18-8-4-5-9-22(18)26-21-12-10-20(11-13-21)25-16-17-6-2-1-3-7-17/h1-13,19,24H,14-16,23H2. The van der Waals surface area contributed by atoms with Crippen molar-refractivity contribution in [1.29, 1.82) is 0 Å².